The number of benzene rings is 1. The van der Waals surface area contributed by atoms with Gasteiger partial charge in [0.25, 0.3) is 0 Å². The third-order valence-corrected chi connectivity index (χ3v) is 4.38. The second-order valence-electron chi connectivity index (χ2n) is 4.92. The number of nitrogens with one attached hydrogen (secondary N) is 1. The van der Waals surface area contributed by atoms with Crippen molar-refractivity contribution in [3.63, 3.8) is 0 Å². The van der Waals surface area contributed by atoms with E-state index < -0.39 is 15.8 Å². The molecule has 1 aromatic heterocycles. The molecule has 0 aliphatic heterocycles. The van der Waals surface area contributed by atoms with Gasteiger partial charge >= 0.3 is 0 Å². The van der Waals surface area contributed by atoms with Crippen LogP contribution >= 0.6 is 0 Å². The van der Waals surface area contributed by atoms with Crippen molar-refractivity contribution in [2.24, 2.45) is 0 Å². The topological polar surface area (TPSA) is 85.1 Å². The minimum absolute atomic E-state index is 0.0208. The maximum atomic E-state index is 13.0. The van der Waals surface area contributed by atoms with E-state index in [1.807, 2.05) is 13.8 Å². The molecular formula is C13H16FN3O3S. The Hall–Kier alpha value is -1.80. The summed E-state index contributed by atoms with van der Waals surface area (Å²) in [7, 11) is -3.76. The predicted octanol–water partition coefficient (Wildman–Crippen LogP) is 2.12. The van der Waals surface area contributed by atoms with Crippen molar-refractivity contribution in [1.29, 1.82) is 0 Å². The van der Waals surface area contributed by atoms with Crippen LogP contribution in [0.2, 0.25) is 0 Å². The molecule has 0 bridgehead atoms. The Balaban J connectivity index is 2.13. The molecule has 8 heteroatoms. The molecule has 6 nitrogen and oxygen atoms in total. The second-order valence-corrected chi connectivity index (χ2v) is 6.66. The lowest BCUT2D eigenvalue weighted by molar-refractivity contribution is 0.427. The maximum absolute atomic E-state index is 13.0. The van der Waals surface area contributed by atoms with Crippen LogP contribution in [0, 0.1) is 12.7 Å². The quantitative estimate of drug-likeness (QED) is 0.914. The lowest BCUT2D eigenvalue weighted by Gasteiger charge is -2.07. The molecular weight excluding hydrogens is 297 g/mol. The van der Waals surface area contributed by atoms with Crippen LogP contribution in [0.3, 0.4) is 0 Å². The standard InChI is InChI=1S/C13H16FN3O3S/c1-8(2)13-17-16-12(20-13)7-15-21(18,19)11-5-4-10(14)6-9(11)3/h4-6,8,15H,7H2,1-3H3. The molecule has 21 heavy (non-hydrogen) atoms. The van der Waals surface area contributed by atoms with Crippen LogP contribution in [-0.2, 0) is 16.6 Å². The van der Waals surface area contributed by atoms with Gasteiger partial charge < -0.3 is 4.42 Å². The van der Waals surface area contributed by atoms with Crippen LogP contribution < -0.4 is 4.72 Å². The number of hydrogen-bond acceptors (Lipinski definition) is 5. The summed E-state index contributed by atoms with van der Waals surface area (Å²) in [5, 5.41) is 7.58. The Bertz CT molecular complexity index is 741. The molecule has 0 radical (unpaired) electrons. The van der Waals surface area contributed by atoms with Gasteiger partial charge in [-0.1, -0.05) is 13.8 Å². The number of hydrogen-bond donors (Lipinski definition) is 1. The summed E-state index contributed by atoms with van der Waals surface area (Å²) >= 11 is 0. The molecule has 0 aliphatic rings. The second kappa shape index (κ2) is 5.90. The Morgan fingerprint density at radius 3 is 2.62 bits per heavy atom. The van der Waals surface area contributed by atoms with E-state index in [1.54, 1.807) is 0 Å². The zero-order valence-corrected chi connectivity index (χ0v) is 12.7. The molecule has 0 saturated heterocycles. The monoisotopic (exact) mass is 313 g/mol. The van der Waals surface area contributed by atoms with Crippen LogP contribution in [-0.4, -0.2) is 18.6 Å². The third-order valence-electron chi connectivity index (χ3n) is 2.82. The molecule has 1 heterocycles. The van der Waals surface area contributed by atoms with Gasteiger partial charge in [0.2, 0.25) is 21.8 Å². The van der Waals surface area contributed by atoms with Gasteiger partial charge in [0.05, 0.1) is 11.4 Å². The molecule has 2 aromatic rings. The van der Waals surface area contributed by atoms with E-state index in [0.717, 1.165) is 12.1 Å². The van der Waals surface area contributed by atoms with Crippen LogP contribution in [0.4, 0.5) is 4.39 Å². The summed E-state index contributed by atoms with van der Waals surface area (Å²) in [5.74, 6) is 0.219. The molecule has 0 atom stereocenters. The normalized spacial score (nSPS) is 12.0. The zero-order chi connectivity index (χ0) is 15.6. The van der Waals surface area contributed by atoms with E-state index in [1.165, 1.54) is 13.0 Å². The van der Waals surface area contributed by atoms with Crippen molar-refractivity contribution in [2.75, 3.05) is 0 Å². The first kappa shape index (κ1) is 15.6. The van der Waals surface area contributed by atoms with Gasteiger partial charge in [0, 0.05) is 5.92 Å². The Morgan fingerprint density at radius 2 is 2.05 bits per heavy atom. The van der Waals surface area contributed by atoms with Gasteiger partial charge in [0.1, 0.15) is 5.82 Å². The first-order valence-corrected chi connectivity index (χ1v) is 7.86. The van der Waals surface area contributed by atoms with Crippen LogP contribution in [0.5, 0.6) is 0 Å². The Labute approximate surface area is 122 Å². The molecule has 1 N–H and O–H groups in total. The summed E-state index contributed by atoms with van der Waals surface area (Å²) in [6, 6.07) is 3.49. The molecule has 0 aliphatic carbocycles. The van der Waals surface area contributed by atoms with Gasteiger partial charge in [-0.2, -0.15) is 0 Å². The van der Waals surface area contributed by atoms with Crippen molar-refractivity contribution in [1.82, 2.24) is 14.9 Å². The number of halogens is 1. The van der Waals surface area contributed by atoms with Gasteiger partial charge in [-0.3, -0.25) is 0 Å². The summed E-state index contributed by atoms with van der Waals surface area (Å²) in [6.45, 7) is 5.20. The zero-order valence-electron chi connectivity index (χ0n) is 11.9. The SMILES string of the molecule is Cc1cc(F)ccc1S(=O)(=O)NCc1nnc(C(C)C)o1. The number of aromatic nitrogens is 2. The Kier molecular flexibility index (Phi) is 4.38. The van der Waals surface area contributed by atoms with Crippen molar-refractivity contribution >= 4 is 10.0 Å². The van der Waals surface area contributed by atoms with Crippen LogP contribution in [0.25, 0.3) is 0 Å². The lowest BCUT2D eigenvalue weighted by atomic mass is 10.2. The van der Waals surface area contributed by atoms with Crippen LogP contribution in [0.15, 0.2) is 27.5 Å². The van der Waals surface area contributed by atoms with Crippen LogP contribution in [0.1, 0.15) is 37.1 Å². The minimum atomic E-state index is -3.76. The highest BCUT2D eigenvalue weighted by molar-refractivity contribution is 7.89. The molecule has 0 amide bonds. The number of nitrogens with zero attached hydrogens (tertiary/aromatic N) is 2. The summed E-state index contributed by atoms with van der Waals surface area (Å²) in [5.41, 5.74) is 0.330. The fourth-order valence-corrected chi connectivity index (χ4v) is 2.92. The largest absolute Gasteiger partial charge is 0.424 e. The third kappa shape index (κ3) is 3.64. The molecule has 2 rings (SSSR count). The molecule has 114 valence electrons. The van der Waals surface area contributed by atoms with Crippen molar-refractivity contribution in [3.8, 4) is 0 Å². The van der Waals surface area contributed by atoms with Gasteiger partial charge in [-0.15, -0.1) is 10.2 Å². The first-order valence-electron chi connectivity index (χ1n) is 6.37. The fraction of sp³-hybridized carbons (Fsp3) is 0.385. The van der Waals surface area contributed by atoms with Gasteiger partial charge in [0.15, 0.2) is 0 Å². The number of rotatable bonds is 5. The summed E-state index contributed by atoms with van der Waals surface area (Å²) in [4.78, 5) is 0.0208. The molecule has 0 saturated carbocycles. The predicted molar refractivity (Wildman–Crippen MR) is 73.5 cm³/mol. The molecule has 1 aromatic carbocycles. The van der Waals surface area contributed by atoms with E-state index in [2.05, 4.69) is 14.9 Å². The van der Waals surface area contributed by atoms with Gasteiger partial charge in [-0.25, -0.2) is 17.5 Å². The number of aryl methyl sites for hydroxylation is 1. The summed E-state index contributed by atoms with van der Waals surface area (Å²) in [6.07, 6.45) is 0. The van der Waals surface area contributed by atoms with Gasteiger partial charge in [-0.05, 0) is 30.7 Å². The van der Waals surface area contributed by atoms with E-state index in [-0.39, 0.29) is 23.2 Å². The molecule has 0 unspecified atom stereocenters. The lowest BCUT2D eigenvalue weighted by Crippen LogP contribution is -2.24. The van der Waals surface area contributed by atoms with E-state index in [0.29, 0.717) is 11.5 Å². The molecule has 0 spiro atoms. The highest BCUT2D eigenvalue weighted by atomic mass is 32.2. The van der Waals surface area contributed by atoms with Crippen molar-refractivity contribution in [2.45, 2.75) is 38.1 Å². The van der Waals surface area contributed by atoms with E-state index >= 15 is 0 Å². The maximum Gasteiger partial charge on any atom is 0.241 e. The highest BCUT2D eigenvalue weighted by Gasteiger charge is 2.18. The fourth-order valence-electron chi connectivity index (χ4n) is 1.72. The van der Waals surface area contributed by atoms with E-state index in [9.17, 15) is 12.8 Å². The smallest absolute Gasteiger partial charge is 0.241 e. The first-order chi connectivity index (χ1) is 9.79. The average molecular weight is 313 g/mol. The van der Waals surface area contributed by atoms with Crippen molar-refractivity contribution < 1.29 is 17.2 Å². The van der Waals surface area contributed by atoms with E-state index in [4.69, 9.17) is 4.42 Å². The average Bonchev–Trinajstić information content (AvgIpc) is 2.85. The van der Waals surface area contributed by atoms with Crippen molar-refractivity contribution in [3.05, 3.63) is 41.4 Å². The summed E-state index contributed by atoms with van der Waals surface area (Å²) < 4.78 is 45.0. The number of sulfonamides is 1. The highest BCUT2D eigenvalue weighted by Crippen LogP contribution is 2.17. The minimum Gasteiger partial charge on any atom is -0.424 e. The molecule has 0 fully saturated rings. The Morgan fingerprint density at radius 1 is 1.33 bits per heavy atom.